The number of carbonyl (C=O) groups excluding carboxylic acids is 2. The lowest BCUT2D eigenvalue weighted by atomic mass is 10.0. The molecule has 2 aliphatic heterocycles. The lowest BCUT2D eigenvalue weighted by Gasteiger charge is -2.26. The quantitative estimate of drug-likeness (QED) is 0.601. The van der Waals surface area contributed by atoms with Crippen molar-refractivity contribution in [3.05, 3.63) is 17.7 Å². The van der Waals surface area contributed by atoms with Gasteiger partial charge in [0.15, 0.2) is 0 Å². The molecule has 2 aliphatic rings. The molecule has 3 rings (SSSR count). The van der Waals surface area contributed by atoms with Gasteiger partial charge < -0.3 is 21.7 Å². The summed E-state index contributed by atoms with van der Waals surface area (Å²) >= 11 is 0. The number of rotatable bonds is 2. The van der Waals surface area contributed by atoms with Gasteiger partial charge in [0.1, 0.15) is 0 Å². The molecular weight excluding hydrogens is 256 g/mol. The largest absolute Gasteiger partial charge is 0.397 e. The first-order valence-corrected chi connectivity index (χ1v) is 6.87. The molecule has 5 N–H and O–H groups in total. The fourth-order valence-electron chi connectivity index (χ4n) is 2.65. The molecule has 0 radical (unpaired) electrons. The van der Waals surface area contributed by atoms with Crippen molar-refractivity contribution in [3.63, 3.8) is 0 Å². The van der Waals surface area contributed by atoms with Crippen LogP contribution < -0.4 is 21.7 Å². The first kappa shape index (κ1) is 12.8. The van der Waals surface area contributed by atoms with E-state index in [1.54, 1.807) is 0 Å². The summed E-state index contributed by atoms with van der Waals surface area (Å²) in [6.45, 7) is 0.599. The van der Waals surface area contributed by atoms with Gasteiger partial charge in [0, 0.05) is 31.1 Å². The van der Waals surface area contributed by atoms with Gasteiger partial charge in [0.05, 0.1) is 11.4 Å². The minimum atomic E-state index is 0.0400. The Hall–Kier alpha value is -2.24. The van der Waals surface area contributed by atoms with Crippen LogP contribution in [0.5, 0.6) is 0 Å². The third-order valence-electron chi connectivity index (χ3n) is 3.80. The zero-order chi connectivity index (χ0) is 14.1. The molecule has 0 bridgehead atoms. The molecule has 1 fully saturated rings. The average Bonchev–Trinajstić information content (AvgIpc) is 2.42. The molecule has 6 heteroatoms. The van der Waals surface area contributed by atoms with Crippen molar-refractivity contribution in [2.24, 2.45) is 0 Å². The molecule has 20 heavy (non-hydrogen) atoms. The molecule has 0 spiro atoms. The Balaban J connectivity index is 1.78. The maximum Gasteiger partial charge on any atom is 0.224 e. The molecule has 1 saturated heterocycles. The number of hydrogen-bond acceptors (Lipinski definition) is 4. The highest BCUT2D eigenvalue weighted by Gasteiger charge is 2.20. The molecule has 1 atom stereocenters. The van der Waals surface area contributed by atoms with Gasteiger partial charge in [0.2, 0.25) is 11.8 Å². The Labute approximate surface area is 117 Å². The molecule has 6 nitrogen and oxygen atoms in total. The number of nitrogens with one attached hydrogen (secondary N) is 3. The van der Waals surface area contributed by atoms with E-state index in [4.69, 9.17) is 5.73 Å². The summed E-state index contributed by atoms with van der Waals surface area (Å²) in [5, 5.41) is 9.04. The van der Waals surface area contributed by atoms with Gasteiger partial charge in [-0.2, -0.15) is 0 Å². The number of amides is 2. The molecule has 0 saturated carbocycles. The van der Waals surface area contributed by atoms with Gasteiger partial charge in [-0.15, -0.1) is 0 Å². The van der Waals surface area contributed by atoms with Crippen LogP contribution in [0.3, 0.4) is 0 Å². The van der Waals surface area contributed by atoms with E-state index in [0.717, 1.165) is 29.8 Å². The monoisotopic (exact) mass is 274 g/mol. The molecule has 0 aromatic heterocycles. The molecule has 1 aromatic carbocycles. The van der Waals surface area contributed by atoms with Crippen molar-refractivity contribution in [2.75, 3.05) is 22.9 Å². The summed E-state index contributed by atoms with van der Waals surface area (Å²) in [6.07, 6.45) is 2.55. The van der Waals surface area contributed by atoms with E-state index in [-0.39, 0.29) is 17.9 Å². The van der Waals surface area contributed by atoms with E-state index in [1.807, 2.05) is 12.1 Å². The number of fused-ring (bicyclic) bond motifs is 1. The van der Waals surface area contributed by atoms with Crippen LogP contribution in [0, 0.1) is 0 Å². The molecule has 0 aliphatic carbocycles. The van der Waals surface area contributed by atoms with Gasteiger partial charge >= 0.3 is 0 Å². The topological polar surface area (TPSA) is 96.2 Å². The second-order valence-electron chi connectivity index (χ2n) is 5.33. The van der Waals surface area contributed by atoms with Gasteiger partial charge in [-0.25, -0.2) is 0 Å². The zero-order valence-electron chi connectivity index (χ0n) is 11.2. The van der Waals surface area contributed by atoms with E-state index >= 15 is 0 Å². The van der Waals surface area contributed by atoms with E-state index in [0.29, 0.717) is 25.1 Å². The number of nitrogen functional groups attached to an aromatic ring is 1. The molecule has 1 aromatic rings. The molecule has 106 valence electrons. The van der Waals surface area contributed by atoms with Crippen LogP contribution in [0.25, 0.3) is 0 Å². The van der Waals surface area contributed by atoms with Crippen LogP contribution in [0.4, 0.5) is 17.1 Å². The summed E-state index contributed by atoms with van der Waals surface area (Å²) in [7, 11) is 0. The molecule has 2 amide bonds. The summed E-state index contributed by atoms with van der Waals surface area (Å²) in [4.78, 5) is 22.6. The number of nitrogens with two attached hydrogens (primary N) is 1. The Morgan fingerprint density at radius 2 is 2.00 bits per heavy atom. The Bertz CT molecular complexity index is 561. The normalized spacial score (nSPS) is 21.7. The average molecular weight is 274 g/mol. The molecule has 2 heterocycles. The van der Waals surface area contributed by atoms with Crippen molar-refractivity contribution in [1.82, 2.24) is 5.32 Å². The Morgan fingerprint density at radius 3 is 2.75 bits per heavy atom. The summed E-state index contributed by atoms with van der Waals surface area (Å²) in [5.41, 5.74) is 9.46. The van der Waals surface area contributed by atoms with Crippen LogP contribution in [0.15, 0.2) is 12.1 Å². The van der Waals surface area contributed by atoms with E-state index in [1.165, 1.54) is 0 Å². The predicted molar refractivity (Wildman–Crippen MR) is 77.5 cm³/mol. The maximum atomic E-state index is 11.4. The lowest BCUT2D eigenvalue weighted by Crippen LogP contribution is -2.42. The van der Waals surface area contributed by atoms with Crippen LogP contribution in [0.1, 0.15) is 24.8 Å². The number of carbonyl (C=O) groups is 2. The highest BCUT2D eigenvalue weighted by molar-refractivity contribution is 5.95. The van der Waals surface area contributed by atoms with Crippen molar-refractivity contribution < 1.29 is 9.59 Å². The number of aryl methyl sites for hydroxylation is 1. The second kappa shape index (κ2) is 5.03. The van der Waals surface area contributed by atoms with Crippen molar-refractivity contribution in [1.29, 1.82) is 0 Å². The first-order chi connectivity index (χ1) is 9.61. The number of piperidine rings is 1. The third-order valence-corrected chi connectivity index (χ3v) is 3.80. The van der Waals surface area contributed by atoms with Crippen molar-refractivity contribution >= 4 is 28.9 Å². The minimum Gasteiger partial charge on any atom is -0.397 e. The summed E-state index contributed by atoms with van der Waals surface area (Å²) in [5.74, 6) is 0.131. The van der Waals surface area contributed by atoms with Crippen molar-refractivity contribution in [3.8, 4) is 0 Å². The smallest absolute Gasteiger partial charge is 0.224 e. The standard InChI is InChI=1S/C14H18N4O2/c15-10-5-8-1-3-14(20)18-11(8)6-12(10)17-9-2-4-13(19)16-7-9/h5-6,9,17H,1-4,7,15H2,(H,16,19)(H,18,20). The SMILES string of the molecule is Nc1cc2c(cc1NC1CCC(=O)NC1)NC(=O)CC2. The number of hydrogen-bond donors (Lipinski definition) is 4. The van der Waals surface area contributed by atoms with Crippen LogP contribution in [0.2, 0.25) is 0 Å². The Kier molecular flexibility index (Phi) is 3.22. The highest BCUT2D eigenvalue weighted by atomic mass is 16.2. The Morgan fingerprint density at radius 1 is 1.15 bits per heavy atom. The number of benzene rings is 1. The number of anilines is 3. The van der Waals surface area contributed by atoms with Crippen LogP contribution in [-0.4, -0.2) is 24.4 Å². The fraction of sp³-hybridized carbons (Fsp3) is 0.429. The van der Waals surface area contributed by atoms with Crippen LogP contribution in [-0.2, 0) is 16.0 Å². The van der Waals surface area contributed by atoms with Gasteiger partial charge in [-0.3, -0.25) is 9.59 Å². The third kappa shape index (κ3) is 2.54. The zero-order valence-corrected chi connectivity index (χ0v) is 11.2. The predicted octanol–water partition coefficient (Wildman–Crippen LogP) is 0.844. The van der Waals surface area contributed by atoms with Crippen molar-refractivity contribution in [2.45, 2.75) is 31.7 Å². The van der Waals surface area contributed by atoms with E-state index in [2.05, 4.69) is 16.0 Å². The maximum absolute atomic E-state index is 11.4. The minimum absolute atomic E-state index is 0.0400. The van der Waals surface area contributed by atoms with Gasteiger partial charge in [0.25, 0.3) is 0 Å². The van der Waals surface area contributed by atoms with Gasteiger partial charge in [-0.05, 0) is 30.5 Å². The van der Waals surface area contributed by atoms with E-state index < -0.39 is 0 Å². The lowest BCUT2D eigenvalue weighted by molar-refractivity contribution is -0.122. The fourth-order valence-corrected chi connectivity index (χ4v) is 2.65. The van der Waals surface area contributed by atoms with Crippen LogP contribution >= 0.6 is 0 Å². The first-order valence-electron chi connectivity index (χ1n) is 6.87. The van der Waals surface area contributed by atoms with E-state index in [9.17, 15) is 9.59 Å². The molecule has 1 unspecified atom stereocenters. The van der Waals surface area contributed by atoms with Gasteiger partial charge in [-0.1, -0.05) is 0 Å². The summed E-state index contributed by atoms with van der Waals surface area (Å²) in [6, 6.07) is 3.98. The molecular formula is C14H18N4O2. The second-order valence-corrected chi connectivity index (χ2v) is 5.33. The summed E-state index contributed by atoms with van der Waals surface area (Å²) < 4.78 is 0. The highest BCUT2D eigenvalue weighted by Crippen LogP contribution is 2.31.